The van der Waals surface area contributed by atoms with Gasteiger partial charge in [-0.25, -0.2) is 9.18 Å². The van der Waals surface area contributed by atoms with Gasteiger partial charge in [-0.3, -0.25) is 0 Å². The highest BCUT2D eigenvalue weighted by Gasteiger charge is 2.21. The minimum absolute atomic E-state index is 0.0297. The van der Waals surface area contributed by atoms with E-state index in [0.29, 0.717) is 17.8 Å². The van der Waals surface area contributed by atoms with Gasteiger partial charge in [-0.15, -0.1) is 0 Å². The molecule has 0 saturated carbocycles. The number of rotatable bonds is 9. The van der Waals surface area contributed by atoms with Crippen LogP contribution < -0.4 is 14.2 Å². The fourth-order valence-corrected chi connectivity index (χ4v) is 4.39. The molecule has 3 aromatic rings. The van der Waals surface area contributed by atoms with E-state index in [4.69, 9.17) is 8.92 Å². The summed E-state index contributed by atoms with van der Waals surface area (Å²) in [6.07, 6.45) is 0. The van der Waals surface area contributed by atoms with Crippen LogP contribution in [0.2, 0.25) is 0 Å². The lowest BCUT2D eigenvalue weighted by molar-refractivity contribution is 0.201. The summed E-state index contributed by atoms with van der Waals surface area (Å²) in [4.78, 5) is 14.5. The zero-order valence-corrected chi connectivity index (χ0v) is 20.9. The number of ether oxygens (including phenoxy) is 1. The van der Waals surface area contributed by atoms with Crippen LogP contribution in [0.15, 0.2) is 71.6 Å². The molecule has 3 aromatic carbocycles. The maximum absolute atomic E-state index is 13.2. The number of methoxy groups -OCH3 is 1. The highest BCUT2D eigenvalue weighted by Crippen LogP contribution is 2.31. The molecule has 0 radical (unpaired) electrons. The average Bonchev–Trinajstić information content (AvgIpc) is 2.78. The lowest BCUT2D eigenvalue weighted by Gasteiger charge is -2.25. The molecule has 1 N–H and O–H groups in total. The third kappa shape index (κ3) is 7.19. The van der Waals surface area contributed by atoms with Crippen molar-refractivity contribution >= 4 is 21.8 Å². The number of amides is 2. The van der Waals surface area contributed by atoms with Crippen molar-refractivity contribution in [3.05, 3.63) is 83.7 Å². The van der Waals surface area contributed by atoms with Crippen LogP contribution in [0.1, 0.15) is 25.0 Å². The van der Waals surface area contributed by atoms with Crippen LogP contribution in [0.3, 0.4) is 0 Å². The van der Waals surface area contributed by atoms with E-state index in [1.54, 1.807) is 17.0 Å². The molecule has 0 aliphatic heterocycles. The van der Waals surface area contributed by atoms with Gasteiger partial charge in [0.15, 0.2) is 11.5 Å². The number of urea groups is 1. The zero-order chi connectivity index (χ0) is 25.6. The first-order valence-corrected chi connectivity index (χ1v) is 12.5. The molecule has 0 fully saturated rings. The highest BCUT2D eigenvalue weighted by atomic mass is 32.2. The minimum atomic E-state index is -4.23. The number of benzene rings is 3. The van der Waals surface area contributed by atoms with Crippen molar-refractivity contribution in [1.82, 2.24) is 4.90 Å². The first-order chi connectivity index (χ1) is 16.6. The van der Waals surface area contributed by atoms with Gasteiger partial charge < -0.3 is 19.1 Å². The Bertz CT molecular complexity index is 1280. The molecule has 0 bridgehead atoms. The number of aryl methyl sites for hydroxylation is 1. The maximum atomic E-state index is 13.2. The Kier molecular flexibility index (Phi) is 8.34. The summed E-state index contributed by atoms with van der Waals surface area (Å²) in [5.74, 6) is -0.180. The summed E-state index contributed by atoms with van der Waals surface area (Å²) in [5, 5.41) is 2.91. The second-order valence-corrected chi connectivity index (χ2v) is 10.1. The molecule has 186 valence electrons. The molecule has 9 heteroatoms. The largest absolute Gasteiger partial charge is 0.493 e. The number of nitrogens with one attached hydrogen (secondary N) is 1. The van der Waals surface area contributed by atoms with Crippen molar-refractivity contribution in [3.8, 4) is 11.5 Å². The van der Waals surface area contributed by atoms with Crippen molar-refractivity contribution in [2.24, 2.45) is 5.92 Å². The summed E-state index contributed by atoms with van der Waals surface area (Å²) in [7, 11) is -2.83. The van der Waals surface area contributed by atoms with Gasteiger partial charge in [0.25, 0.3) is 0 Å². The summed E-state index contributed by atoms with van der Waals surface area (Å²) < 4.78 is 49.3. The van der Waals surface area contributed by atoms with Crippen molar-refractivity contribution < 1.29 is 26.5 Å². The van der Waals surface area contributed by atoms with Crippen LogP contribution in [-0.2, 0) is 16.7 Å². The van der Waals surface area contributed by atoms with Gasteiger partial charge in [-0.1, -0.05) is 32.0 Å². The third-order valence-corrected chi connectivity index (χ3v) is 6.29. The number of carbonyl (C=O) groups excluding carboxylic acids is 1. The van der Waals surface area contributed by atoms with Gasteiger partial charge in [-0.2, -0.15) is 8.42 Å². The Morgan fingerprint density at radius 1 is 1.03 bits per heavy atom. The van der Waals surface area contributed by atoms with E-state index in [9.17, 15) is 17.6 Å². The second kappa shape index (κ2) is 11.2. The van der Waals surface area contributed by atoms with Gasteiger partial charge in [0, 0.05) is 18.8 Å². The number of hydrogen-bond donors (Lipinski definition) is 1. The summed E-state index contributed by atoms with van der Waals surface area (Å²) >= 11 is 0. The van der Waals surface area contributed by atoms with E-state index in [1.807, 2.05) is 45.0 Å². The third-order valence-electron chi connectivity index (χ3n) is 5.05. The van der Waals surface area contributed by atoms with E-state index in [-0.39, 0.29) is 34.9 Å². The SMILES string of the molecule is COc1ccc(CN(CC(C)C)C(=O)Nc2cccc(C)c2)cc1OS(=O)(=O)c1ccc(F)cc1. The zero-order valence-electron chi connectivity index (χ0n) is 20.1. The van der Waals surface area contributed by atoms with Crippen LogP contribution in [0.4, 0.5) is 14.9 Å². The summed E-state index contributed by atoms with van der Waals surface area (Å²) in [6.45, 7) is 6.65. The van der Waals surface area contributed by atoms with E-state index in [0.717, 1.165) is 29.8 Å². The quantitative estimate of drug-likeness (QED) is 0.387. The molecule has 0 spiro atoms. The molecule has 0 saturated heterocycles. The van der Waals surface area contributed by atoms with Crippen molar-refractivity contribution in [1.29, 1.82) is 0 Å². The van der Waals surface area contributed by atoms with Crippen LogP contribution in [-0.4, -0.2) is 33.0 Å². The summed E-state index contributed by atoms with van der Waals surface area (Å²) in [6, 6.07) is 16.4. The molecule has 0 aromatic heterocycles. The predicted molar refractivity (Wildman–Crippen MR) is 133 cm³/mol. The average molecular weight is 501 g/mol. The van der Waals surface area contributed by atoms with E-state index in [1.165, 1.54) is 13.2 Å². The molecule has 7 nitrogen and oxygen atoms in total. The fourth-order valence-electron chi connectivity index (χ4n) is 3.46. The van der Waals surface area contributed by atoms with Gasteiger partial charge in [0.05, 0.1) is 7.11 Å². The normalized spacial score (nSPS) is 11.3. The van der Waals surface area contributed by atoms with E-state index < -0.39 is 15.9 Å². The van der Waals surface area contributed by atoms with Crippen molar-refractivity contribution in [2.45, 2.75) is 32.2 Å². The first kappa shape index (κ1) is 26.0. The number of carbonyl (C=O) groups is 1. The monoisotopic (exact) mass is 500 g/mol. The van der Waals surface area contributed by atoms with Crippen LogP contribution in [0, 0.1) is 18.7 Å². The van der Waals surface area contributed by atoms with Crippen LogP contribution >= 0.6 is 0 Å². The topological polar surface area (TPSA) is 84.9 Å². The Balaban J connectivity index is 1.85. The molecule has 0 unspecified atom stereocenters. The molecular weight excluding hydrogens is 471 g/mol. The van der Waals surface area contributed by atoms with Crippen LogP contribution in [0.5, 0.6) is 11.5 Å². The van der Waals surface area contributed by atoms with Crippen molar-refractivity contribution in [2.75, 3.05) is 19.0 Å². The first-order valence-electron chi connectivity index (χ1n) is 11.1. The Labute approximate surface area is 205 Å². The van der Waals surface area contributed by atoms with Gasteiger partial charge >= 0.3 is 16.1 Å². The standard InChI is InChI=1S/C26H29FN2O5S/c1-18(2)16-29(26(30)28-22-7-5-6-19(3)14-22)17-20-8-13-24(33-4)25(15-20)34-35(31,32)23-11-9-21(27)10-12-23/h5-15,18H,16-17H2,1-4H3,(H,28,30). The number of halogens is 1. The Morgan fingerprint density at radius 2 is 1.74 bits per heavy atom. The molecular formula is C26H29FN2O5S. The molecule has 35 heavy (non-hydrogen) atoms. The van der Waals surface area contributed by atoms with Crippen molar-refractivity contribution in [3.63, 3.8) is 0 Å². The van der Waals surface area contributed by atoms with Gasteiger partial charge in [0.2, 0.25) is 0 Å². The molecule has 0 heterocycles. The number of hydrogen-bond acceptors (Lipinski definition) is 5. The highest BCUT2D eigenvalue weighted by molar-refractivity contribution is 7.87. The predicted octanol–water partition coefficient (Wildman–Crippen LogP) is 5.60. The Hall–Kier alpha value is -3.59. The lowest BCUT2D eigenvalue weighted by atomic mass is 10.1. The Morgan fingerprint density at radius 3 is 2.37 bits per heavy atom. The van der Waals surface area contributed by atoms with E-state index in [2.05, 4.69) is 5.32 Å². The molecule has 3 rings (SSSR count). The second-order valence-electron chi connectivity index (χ2n) is 8.55. The smallest absolute Gasteiger partial charge is 0.339 e. The van der Waals surface area contributed by atoms with E-state index >= 15 is 0 Å². The number of anilines is 1. The fraction of sp³-hybridized carbons (Fsp3) is 0.269. The summed E-state index contributed by atoms with van der Waals surface area (Å²) in [5.41, 5.74) is 2.36. The minimum Gasteiger partial charge on any atom is -0.493 e. The molecule has 0 aliphatic rings. The van der Waals surface area contributed by atoms with Gasteiger partial charge in [0.1, 0.15) is 10.7 Å². The molecule has 0 atom stereocenters. The molecule has 0 aliphatic carbocycles. The van der Waals surface area contributed by atoms with Gasteiger partial charge in [-0.05, 0) is 72.5 Å². The number of nitrogens with zero attached hydrogens (tertiary/aromatic N) is 1. The molecule has 2 amide bonds. The lowest BCUT2D eigenvalue weighted by Crippen LogP contribution is -2.37. The van der Waals surface area contributed by atoms with Crippen LogP contribution in [0.25, 0.3) is 0 Å². The maximum Gasteiger partial charge on any atom is 0.339 e.